The molecule has 0 aliphatic carbocycles. The quantitative estimate of drug-likeness (QED) is 0.431. The Kier molecular flexibility index (Phi) is 5.53. The number of rotatable bonds is 1. The van der Waals surface area contributed by atoms with Gasteiger partial charge in [0.25, 0.3) is 0 Å². The van der Waals surface area contributed by atoms with Crippen LogP contribution in [0.2, 0.25) is 0 Å². The van der Waals surface area contributed by atoms with E-state index >= 15 is 0 Å². The van der Waals surface area contributed by atoms with Gasteiger partial charge in [0.1, 0.15) is 0 Å². The first-order valence-electron chi connectivity index (χ1n) is 1.61. The van der Waals surface area contributed by atoms with Gasteiger partial charge in [0.15, 0.2) is 0 Å². The maximum Gasteiger partial charge on any atom is 0.325 e. The van der Waals surface area contributed by atoms with Gasteiger partial charge >= 0.3 is 7.60 Å². The Morgan fingerprint density at radius 3 is 1.71 bits per heavy atom. The standard InChI is InChI=1S/C2H7O3P.Fe/c1-2-6(3,4)5;/h2H2,1H3,(H2,3,4,5);. The van der Waals surface area contributed by atoms with Crippen molar-refractivity contribution in [1.82, 2.24) is 0 Å². The van der Waals surface area contributed by atoms with Crippen LogP contribution < -0.4 is 0 Å². The summed E-state index contributed by atoms with van der Waals surface area (Å²) < 4.78 is 9.69. The van der Waals surface area contributed by atoms with Gasteiger partial charge in [-0.2, -0.15) is 0 Å². The second-order valence-electron chi connectivity index (χ2n) is 0.981. The van der Waals surface area contributed by atoms with E-state index in [1.165, 1.54) is 6.92 Å². The van der Waals surface area contributed by atoms with Crippen molar-refractivity contribution in [3.63, 3.8) is 0 Å². The molecular formula is C2H7FeO3P. The average Bonchev–Trinajstić information content (AvgIpc) is 1.35. The first-order valence-corrected chi connectivity index (χ1v) is 3.40. The molecule has 0 bridgehead atoms. The predicted octanol–water partition coefficient (Wildman–Crippen LogP) is 0.181. The Hall–Kier alpha value is 0.669. The number of hydrogen-bond acceptors (Lipinski definition) is 1. The molecular weight excluding hydrogens is 159 g/mol. The molecule has 0 amide bonds. The molecule has 0 atom stereocenters. The van der Waals surface area contributed by atoms with Crippen LogP contribution in [0.4, 0.5) is 0 Å². The summed E-state index contributed by atoms with van der Waals surface area (Å²) in [5.41, 5.74) is 0. The normalized spacial score (nSPS) is 10.1. The van der Waals surface area contributed by atoms with E-state index in [0.717, 1.165) is 0 Å². The van der Waals surface area contributed by atoms with Gasteiger partial charge in [-0.3, -0.25) is 4.57 Å². The average molecular weight is 166 g/mol. The third kappa shape index (κ3) is 10.8. The Balaban J connectivity index is 0. The minimum Gasteiger partial charge on any atom is -0.324 e. The summed E-state index contributed by atoms with van der Waals surface area (Å²) in [5.74, 6) is 0. The maximum absolute atomic E-state index is 9.69. The molecule has 0 radical (unpaired) electrons. The van der Waals surface area contributed by atoms with Gasteiger partial charge in [-0.05, 0) is 0 Å². The molecule has 0 saturated heterocycles. The monoisotopic (exact) mass is 166 g/mol. The van der Waals surface area contributed by atoms with Crippen LogP contribution in [-0.2, 0) is 21.6 Å². The van der Waals surface area contributed by atoms with E-state index in [4.69, 9.17) is 9.79 Å². The van der Waals surface area contributed by atoms with Gasteiger partial charge in [0, 0.05) is 23.2 Å². The van der Waals surface area contributed by atoms with Gasteiger partial charge in [-0.15, -0.1) is 0 Å². The molecule has 0 aliphatic heterocycles. The van der Waals surface area contributed by atoms with E-state index in [0.29, 0.717) is 0 Å². The van der Waals surface area contributed by atoms with Crippen molar-refractivity contribution >= 4 is 7.60 Å². The zero-order valence-electron chi connectivity index (χ0n) is 3.81. The van der Waals surface area contributed by atoms with E-state index in [2.05, 4.69) is 0 Å². The fraction of sp³-hybridized carbons (Fsp3) is 1.00. The van der Waals surface area contributed by atoms with E-state index < -0.39 is 7.60 Å². The minimum absolute atomic E-state index is 0. The van der Waals surface area contributed by atoms with Crippen LogP contribution in [0.5, 0.6) is 0 Å². The molecule has 0 aromatic carbocycles. The van der Waals surface area contributed by atoms with E-state index in [9.17, 15) is 4.57 Å². The summed E-state index contributed by atoms with van der Waals surface area (Å²) in [4.78, 5) is 15.9. The van der Waals surface area contributed by atoms with Gasteiger partial charge in [-0.1, -0.05) is 6.92 Å². The molecule has 3 nitrogen and oxygen atoms in total. The summed E-state index contributed by atoms with van der Waals surface area (Å²) in [7, 11) is -3.65. The third-order valence-electron chi connectivity index (χ3n) is 0.412. The fourth-order valence-corrected chi connectivity index (χ4v) is 0. The largest absolute Gasteiger partial charge is 0.325 e. The molecule has 0 saturated carbocycles. The molecule has 5 heteroatoms. The topological polar surface area (TPSA) is 57.5 Å². The summed E-state index contributed by atoms with van der Waals surface area (Å²) in [5, 5.41) is 0. The maximum atomic E-state index is 9.69. The minimum atomic E-state index is -3.65. The molecule has 0 rings (SSSR count). The van der Waals surface area contributed by atoms with Crippen LogP contribution in [0.3, 0.4) is 0 Å². The predicted molar refractivity (Wildman–Crippen MR) is 22.6 cm³/mol. The number of hydrogen-bond donors (Lipinski definition) is 2. The van der Waals surface area contributed by atoms with Crippen LogP contribution in [0.25, 0.3) is 0 Å². The molecule has 46 valence electrons. The van der Waals surface area contributed by atoms with Crippen molar-refractivity contribution in [2.75, 3.05) is 6.16 Å². The van der Waals surface area contributed by atoms with Crippen molar-refractivity contribution in [2.24, 2.45) is 0 Å². The molecule has 0 spiro atoms. The zero-order chi connectivity index (χ0) is 5.21. The van der Waals surface area contributed by atoms with Gasteiger partial charge in [-0.25, -0.2) is 0 Å². The Bertz CT molecular complexity index is 77.0. The summed E-state index contributed by atoms with van der Waals surface area (Å²) in [6.07, 6.45) is -0.0625. The van der Waals surface area contributed by atoms with Crippen molar-refractivity contribution in [3.8, 4) is 0 Å². The van der Waals surface area contributed by atoms with E-state index in [1.54, 1.807) is 0 Å². The zero-order valence-corrected chi connectivity index (χ0v) is 5.81. The van der Waals surface area contributed by atoms with Crippen LogP contribution >= 0.6 is 7.60 Å². The molecule has 2 N–H and O–H groups in total. The second-order valence-corrected chi connectivity index (χ2v) is 2.94. The van der Waals surface area contributed by atoms with Crippen molar-refractivity contribution in [1.29, 1.82) is 0 Å². The first-order chi connectivity index (χ1) is 2.56. The fourth-order valence-electron chi connectivity index (χ4n) is 0. The smallest absolute Gasteiger partial charge is 0.324 e. The van der Waals surface area contributed by atoms with Gasteiger partial charge in [0.2, 0.25) is 0 Å². The van der Waals surface area contributed by atoms with Crippen molar-refractivity contribution < 1.29 is 31.4 Å². The Morgan fingerprint density at radius 2 is 1.71 bits per heavy atom. The molecule has 0 unspecified atom stereocenters. The van der Waals surface area contributed by atoms with Gasteiger partial charge < -0.3 is 9.79 Å². The van der Waals surface area contributed by atoms with Gasteiger partial charge in [0.05, 0.1) is 0 Å². The Labute approximate surface area is 52.8 Å². The van der Waals surface area contributed by atoms with Crippen LogP contribution in [-0.4, -0.2) is 15.9 Å². The van der Waals surface area contributed by atoms with Crippen molar-refractivity contribution in [2.45, 2.75) is 6.92 Å². The first kappa shape index (κ1) is 10.6. The van der Waals surface area contributed by atoms with Crippen LogP contribution in [0, 0.1) is 0 Å². The summed E-state index contributed by atoms with van der Waals surface area (Å²) >= 11 is 0. The summed E-state index contributed by atoms with van der Waals surface area (Å²) in [6.45, 7) is 1.45. The molecule has 0 aliphatic rings. The third-order valence-corrected chi connectivity index (χ3v) is 1.24. The van der Waals surface area contributed by atoms with Crippen LogP contribution in [0.1, 0.15) is 6.92 Å². The molecule has 7 heavy (non-hydrogen) atoms. The van der Waals surface area contributed by atoms with Crippen LogP contribution in [0.15, 0.2) is 0 Å². The van der Waals surface area contributed by atoms with Crippen molar-refractivity contribution in [3.05, 3.63) is 0 Å². The molecule has 0 heterocycles. The van der Waals surface area contributed by atoms with E-state index in [1.807, 2.05) is 0 Å². The molecule has 0 fully saturated rings. The second kappa shape index (κ2) is 3.64. The summed E-state index contributed by atoms with van der Waals surface area (Å²) in [6, 6.07) is 0. The molecule has 0 aromatic rings. The SMILES string of the molecule is CCP(=O)(O)O.[Fe]. The Morgan fingerprint density at radius 1 is 1.57 bits per heavy atom. The molecule has 0 aromatic heterocycles. The van der Waals surface area contributed by atoms with E-state index in [-0.39, 0.29) is 23.2 Å².